The fraction of sp³-hybridized carbons (Fsp3) is 0.444. The number of hydrogen-bond acceptors (Lipinski definition) is 5. The van der Waals surface area contributed by atoms with E-state index in [1.165, 1.54) is 0 Å². The van der Waals surface area contributed by atoms with Crippen LogP contribution in [-0.2, 0) is 11.8 Å². The van der Waals surface area contributed by atoms with E-state index in [1.54, 1.807) is 54.8 Å². The van der Waals surface area contributed by atoms with Crippen LogP contribution in [0.1, 0.15) is 27.2 Å². The number of fused-ring (bicyclic) bond motifs is 1. The minimum atomic E-state index is -3.43. The Kier molecular flexibility index (Phi) is 5.30. The SMILES string of the molecule is CC[C@H](NC(=O)C(C)(F)F)[C@@H](C)Oc1ccc2c(cnn2-c2cn(C)nn2)c1. The van der Waals surface area contributed by atoms with Gasteiger partial charge in [-0.3, -0.25) is 9.48 Å². The van der Waals surface area contributed by atoms with Crippen molar-refractivity contribution >= 4 is 16.8 Å². The van der Waals surface area contributed by atoms with Gasteiger partial charge >= 0.3 is 5.92 Å². The van der Waals surface area contributed by atoms with E-state index in [2.05, 4.69) is 20.7 Å². The third-order valence-corrected chi connectivity index (χ3v) is 4.39. The molecule has 150 valence electrons. The molecule has 1 aromatic carbocycles. The maximum absolute atomic E-state index is 13.1. The highest BCUT2D eigenvalue weighted by molar-refractivity contribution is 5.83. The van der Waals surface area contributed by atoms with Crippen molar-refractivity contribution in [3.05, 3.63) is 30.6 Å². The second-order valence-electron chi connectivity index (χ2n) is 6.73. The molecule has 1 N–H and O–H groups in total. The molecule has 0 aliphatic carbocycles. The van der Waals surface area contributed by atoms with Crippen LogP contribution in [0.25, 0.3) is 16.7 Å². The Bertz CT molecular complexity index is 978. The van der Waals surface area contributed by atoms with Crippen molar-refractivity contribution in [2.75, 3.05) is 0 Å². The van der Waals surface area contributed by atoms with E-state index in [1.807, 2.05) is 6.07 Å². The monoisotopic (exact) mass is 392 g/mol. The zero-order valence-electron chi connectivity index (χ0n) is 16.1. The maximum atomic E-state index is 13.1. The molecule has 0 fully saturated rings. The lowest BCUT2D eigenvalue weighted by Gasteiger charge is -2.26. The van der Waals surface area contributed by atoms with Crippen LogP contribution < -0.4 is 10.1 Å². The zero-order valence-corrected chi connectivity index (χ0v) is 16.1. The normalized spacial score (nSPS) is 14.1. The number of rotatable bonds is 7. The summed E-state index contributed by atoms with van der Waals surface area (Å²) in [4.78, 5) is 11.6. The molecule has 3 aromatic rings. The van der Waals surface area contributed by atoms with Gasteiger partial charge in [-0.1, -0.05) is 12.1 Å². The summed E-state index contributed by atoms with van der Waals surface area (Å²) in [5.41, 5.74) is 0.825. The molecule has 0 aliphatic heterocycles. The van der Waals surface area contributed by atoms with Crippen LogP contribution in [0.5, 0.6) is 5.75 Å². The fourth-order valence-electron chi connectivity index (χ4n) is 2.84. The number of nitrogens with zero attached hydrogens (tertiary/aromatic N) is 5. The summed E-state index contributed by atoms with van der Waals surface area (Å²) in [6.07, 6.45) is 3.38. The molecule has 0 saturated carbocycles. The van der Waals surface area contributed by atoms with Crippen LogP contribution in [0.2, 0.25) is 0 Å². The predicted octanol–water partition coefficient (Wildman–Crippen LogP) is 2.47. The number of benzene rings is 1. The van der Waals surface area contributed by atoms with Gasteiger partial charge in [-0.2, -0.15) is 13.9 Å². The molecule has 0 bridgehead atoms. The van der Waals surface area contributed by atoms with Gasteiger partial charge in [0.1, 0.15) is 11.9 Å². The Morgan fingerprint density at radius 1 is 1.39 bits per heavy atom. The topological polar surface area (TPSA) is 86.9 Å². The van der Waals surface area contributed by atoms with Gasteiger partial charge in [0.2, 0.25) is 0 Å². The van der Waals surface area contributed by atoms with Crippen molar-refractivity contribution < 1.29 is 18.3 Å². The van der Waals surface area contributed by atoms with Crippen molar-refractivity contribution in [3.63, 3.8) is 0 Å². The van der Waals surface area contributed by atoms with Gasteiger partial charge in [-0.05, 0) is 31.5 Å². The molecular formula is C18H22F2N6O2. The summed E-state index contributed by atoms with van der Waals surface area (Å²) in [5, 5.41) is 15.4. The number of carbonyl (C=O) groups is 1. The van der Waals surface area contributed by atoms with Gasteiger partial charge in [0.05, 0.1) is 24.0 Å². The predicted molar refractivity (Wildman–Crippen MR) is 98.6 cm³/mol. The van der Waals surface area contributed by atoms with Crippen molar-refractivity contribution in [2.24, 2.45) is 7.05 Å². The first kappa shape index (κ1) is 19.7. The first-order valence-corrected chi connectivity index (χ1v) is 8.89. The highest BCUT2D eigenvalue weighted by Crippen LogP contribution is 2.24. The number of halogens is 2. The molecular weight excluding hydrogens is 370 g/mol. The number of carbonyl (C=O) groups excluding carboxylic acids is 1. The average Bonchev–Trinajstić information content (AvgIpc) is 3.23. The van der Waals surface area contributed by atoms with Crippen LogP contribution in [0.4, 0.5) is 8.78 Å². The van der Waals surface area contributed by atoms with Crippen molar-refractivity contribution in [1.82, 2.24) is 30.1 Å². The number of aromatic nitrogens is 5. The molecule has 8 nitrogen and oxygen atoms in total. The minimum absolute atomic E-state index is 0.454. The van der Waals surface area contributed by atoms with E-state index in [0.717, 1.165) is 10.9 Å². The third kappa shape index (κ3) is 4.10. The molecule has 3 rings (SSSR count). The lowest BCUT2D eigenvalue weighted by atomic mass is 10.1. The summed E-state index contributed by atoms with van der Waals surface area (Å²) in [5.74, 6) is -3.60. The maximum Gasteiger partial charge on any atom is 0.321 e. The molecule has 0 radical (unpaired) electrons. The summed E-state index contributed by atoms with van der Waals surface area (Å²) in [7, 11) is 1.77. The van der Waals surface area contributed by atoms with Crippen LogP contribution in [0.15, 0.2) is 30.6 Å². The Morgan fingerprint density at radius 3 is 2.75 bits per heavy atom. The largest absolute Gasteiger partial charge is 0.489 e. The van der Waals surface area contributed by atoms with Gasteiger partial charge in [0, 0.05) is 19.4 Å². The molecule has 0 unspecified atom stereocenters. The first-order chi connectivity index (χ1) is 13.2. The Balaban J connectivity index is 1.76. The number of aryl methyl sites for hydroxylation is 1. The van der Waals surface area contributed by atoms with Crippen molar-refractivity contribution in [3.8, 4) is 11.6 Å². The fourth-order valence-corrected chi connectivity index (χ4v) is 2.84. The van der Waals surface area contributed by atoms with Crippen molar-refractivity contribution in [1.29, 1.82) is 0 Å². The van der Waals surface area contributed by atoms with Gasteiger partial charge in [-0.15, -0.1) is 5.10 Å². The van der Waals surface area contributed by atoms with E-state index >= 15 is 0 Å². The Labute approximate surface area is 160 Å². The molecule has 2 heterocycles. The smallest absolute Gasteiger partial charge is 0.321 e. The highest BCUT2D eigenvalue weighted by Gasteiger charge is 2.34. The molecule has 2 aromatic heterocycles. The summed E-state index contributed by atoms with van der Waals surface area (Å²) in [6.45, 7) is 4.10. The Morgan fingerprint density at radius 2 is 2.14 bits per heavy atom. The standard InChI is InChI=1S/C18H22F2N6O2/c1-5-14(22-17(27)18(3,19)20)11(2)28-13-6-7-15-12(8-13)9-21-26(15)16-10-25(4)24-23-16/h6-11,14H,5H2,1-4H3,(H,22,27)/t11-,14+/m1/s1. The van der Waals surface area contributed by atoms with E-state index in [9.17, 15) is 13.6 Å². The molecule has 0 saturated heterocycles. The highest BCUT2D eigenvalue weighted by atomic mass is 19.3. The lowest BCUT2D eigenvalue weighted by molar-refractivity contribution is -0.144. The minimum Gasteiger partial charge on any atom is -0.489 e. The molecule has 1 amide bonds. The van der Waals surface area contributed by atoms with E-state index in [4.69, 9.17) is 4.74 Å². The van der Waals surface area contributed by atoms with Crippen LogP contribution in [0, 0.1) is 0 Å². The van der Waals surface area contributed by atoms with E-state index in [0.29, 0.717) is 24.9 Å². The van der Waals surface area contributed by atoms with Crippen LogP contribution in [0.3, 0.4) is 0 Å². The number of alkyl halides is 2. The third-order valence-electron chi connectivity index (χ3n) is 4.39. The van der Waals surface area contributed by atoms with Gasteiger partial charge in [0.15, 0.2) is 5.82 Å². The quantitative estimate of drug-likeness (QED) is 0.668. The van der Waals surface area contributed by atoms with Crippen LogP contribution >= 0.6 is 0 Å². The number of hydrogen-bond donors (Lipinski definition) is 1. The van der Waals surface area contributed by atoms with E-state index in [-0.39, 0.29) is 0 Å². The average molecular weight is 392 g/mol. The van der Waals surface area contributed by atoms with E-state index < -0.39 is 24.0 Å². The molecule has 28 heavy (non-hydrogen) atoms. The van der Waals surface area contributed by atoms with Crippen LogP contribution in [-0.4, -0.2) is 48.7 Å². The number of ether oxygens (including phenoxy) is 1. The molecule has 0 spiro atoms. The summed E-state index contributed by atoms with van der Waals surface area (Å²) < 4.78 is 35.4. The number of amides is 1. The second kappa shape index (κ2) is 7.53. The van der Waals surface area contributed by atoms with Gasteiger partial charge in [-0.25, -0.2) is 4.68 Å². The molecule has 0 aliphatic rings. The van der Waals surface area contributed by atoms with Gasteiger partial charge < -0.3 is 10.1 Å². The second-order valence-corrected chi connectivity index (χ2v) is 6.73. The Hall–Kier alpha value is -3.04. The summed E-state index contributed by atoms with van der Waals surface area (Å²) >= 11 is 0. The summed E-state index contributed by atoms with van der Waals surface area (Å²) in [6, 6.07) is 4.85. The molecule has 2 atom stereocenters. The number of nitrogens with one attached hydrogen (secondary N) is 1. The first-order valence-electron chi connectivity index (χ1n) is 8.89. The zero-order chi connectivity index (χ0) is 20.5. The van der Waals surface area contributed by atoms with Gasteiger partial charge in [0.25, 0.3) is 5.91 Å². The lowest BCUT2D eigenvalue weighted by Crippen LogP contribution is -2.49. The molecule has 10 heteroatoms. The van der Waals surface area contributed by atoms with Crippen molar-refractivity contribution in [2.45, 2.75) is 45.3 Å².